The van der Waals surface area contributed by atoms with Crippen molar-refractivity contribution in [1.29, 1.82) is 0 Å². The Balaban J connectivity index is 1.53. The lowest BCUT2D eigenvalue weighted by molar-refractivity contribution is -0.147. The first-order valence-corrected chi connectivity index (χ1v) is 8.94. The van der Waals surface area contributed by atoms with Gasteiger partial charge in [0.1, 0.15) is 0 Å². The summed E-state index contributed by atoms with van der Waals surface area (Å²) in [4.78, 5) is 35.4. The largest absolute Gasteiger partial charge is 0.463 e. The lowest BCUT2D eigenvalue weighted by atomic mass is 10.1. The molecule has 0 fully saturated rings. The summed E-state index contributed by atoms with van der Waals surface area (Å²) < 4.78 is 4.97. The molecule has 0 aromatic heterocycles. The maximum atomic E-state index is 12.0. The smallest absolute Gasteiger partial charge is 0.313 e. The molecule has 0 spiro atoms. The Hall–Kier alpha value is -3.15. The fourth-order valence-corrected chi connectivity index (χ4v) is 3.09. The molecule has 140 valence electrons. The van der Waals surface area contributed by atoms with Crippen LogP contribution in [-0.2, 0) is 25.5 Å². The molecule has 6 heteroatoms. The molecule has 2 amide bonds. The van der Waals surface area contributed by atoms with Gasteiger partial charge in [-0.25, -0.2) is 0 Å². The van der Waals surface area contributed by atoms with Crippen molar-refractivity contribution in [3.8, 4) is 11.1 Å². The van der Waals surface area contributed by atoms with Crippen LogP contribution in [0.25, 0.3) is 11.1 Å². The molecule has 0 saturated heterocycles. The molecule has 3 rings (SSSR count). The van der Waals surface area contributed by atoms with Crippen molar-refractivity contribution in [2.24, 2.45) is 0 Å². The van der Waals surface area contributed by atoms with Crippen LogP contribution in [0.4, 0.5) is 5.69 Å². The van der Waals surface area contributed by atoms with Crippen LogP contribution in [0.5, 0.6) is 0 Å². The van der Waals surface area contributed by atoms with Crippen LogP contribution in [0, 0.1) is 0 Å². The minimum absolute atomic E-state index is 0.0221. The topological polar surface area (TPSA) is 84.5 Å². The van der Waals surface area contributed by atoms with E-state index in [4.69, 9.17) is 4.74 Å². The van der Waals surface area contributed by atoms with Gasteiger partial charge in [-0.05, 0) is 54.7 Å². The minimum Gasteiger partial charge on any atom is -0.463 e. The molecule has 2 aromatic carbocycles. The third kappa shape index (κ3) is 4.53. The zero-order chi connectivity index (χ0) is 19.4. The number of hydrogen-bond donors (Lipinski definition) is 2. The molecule has 1 aliphatic carbocycles. The fourth-order valence-electron chi connectivity index (χ4n) is 3.09. The zero-order valence-electron chi connectivity index (χ0n) is 15.4. The van der Waals surface area contributed by atoms with Crippen LogP contribution in [-0.4, -0.2) is 30.4 Å². The standard InChI is InChI=1S/C21H22N2O4/c1-13(2)27-19(24)9-10-22-20(25)21(26)23-16-7-8-18-15(12-16)11-14-5-3-4-6-17(14)18/h3-8,12-13H,9-11H2,1-2H3,(H,22,25)(H,23,26). The Morgan fingerprint density at radius 3 is 2.52 bits per heavy atom. The molecule has 2 N–H and O–H groups in total. The number of benzene rings is 2. The third-order valence-electron chi connectivity index (χ3n) is 4.24. The molecule has 27 heavy (non-hydrogen) atoms. The Labute approximate surface area is 157 Å². The number of carbonyl (C=O) groups is 3. The zero-order valence-corrected chi connectivity index (χ0v) is 15.4. The normalized spacial score (nSPS) is 11.5. The van der Waals surface area contributed by atoms with Gasteiger partial charge in [0.15, 0.2) is 0 Å². The highest BCUT2D eigenvalue weighted by atomic mass is 16.5. The highest BCUT2D eigenvalue weighted by Gasteiger charge is 2.19. The summed E-state index contributed by atoms with van der Waals surface area (Å²) in [6.45, 7) is 3.55. The number of hydrogen-bond acceptors (Lipinski definition) is 4. The van der Waals surface area contributed by atoms with Crippen LogP contribution in [0.3, 0.4) is 0 Å². The first-order valence-electron chi connectivity index (χ1n) is 8.94. The maximum absolute atomic E-state index is 12.0. The number of esters is 1. The molecule has 0 heterocycles. The molecule has 0 aliphatic heterocycles. The highest BCUT2D eigenvalue weighted by Crippen LogP contribution is 2.37. The van der Waals surface area contributed by atoms with E-state index in [9.17, 15) is 14.4 Å². The molecule has 0 saturated carbocycles. The predicted molar refractivity (Wildman–Crippen MR) is 102 cm³/mol. The van der Waals surface area contributed by atoms with Gasteiger partial charge in [0.2, 0.25) is 0 Å². The number of carbonyl (C=O) groups excluding carboxylic acids is 3. The number of anilines is 1. The van der Waals surface area contributed by atoms with Crippen LogP contribution < -0.4 is 10.6 Å². The summed E-state index contributed by atoms with van der Waals surface area (Å²) >= 11 is 0. The quantitative estimate of drug-likeness (QED) is 0.537. The van der Waals surface area contributed by atoms with E-state index in [2.05, 4.69) is 22.8 Å². The van der Waals surface area contributed by atoms with Gasteiger partial charge in [-0.2, -0.15) is 0 Å². The molecule has 0 bridgehead atoms. The Morgan fingerprint density at radius 2 is 1.74 bits per heavy atom. The number of fused-ring (bicyclic) bond motifs is 3. The molecule has 0 unspecified atom stereocenters. The van der Waals surface area contributed by atoms with E-state index in [1.807, 2.05) is 24.3 Å². The van der Waals surface area contributed by atoms with Gasteiger partial charge < -0.3 is 15.4 Å². The van der Waals surface area contributed by atoms with Crippen LogP contribution in [0.1, 0.15) is 31.4 Å². The van der Waals surface area contributed by atoms with Crippen molar-refractivity contribution >= 4 is 23.5 Å². The van der Waals surface area contributed by atoms with E-state index in [1.165, 1.54) is 11.1 Å². The summed E-state index contributed by atoms with van der Waals surface area (Å²) in [5, 5.41) is 5.02. The van der Waals surface area contributed by atoms with Crippen molar-refractivity contribution in [1.82, 2.24) is 5.32 Å². The molecular weight excluding hydrogens is 344 g/mol. The summed E-state index contributed by atoms with van der Waals surface area (Å²) in [5.41, 5.74) is 5.29. The second-order valence-electron chi connectivity index (χ2n) is 6.70. The lowest BCUT2D eigenvalue weighted by Crippen LogP contribution is -2.36. The van der Waals surface area contributed by atoms with Crippen molar-refractivity contribution in [3.05, 3.63) is 53.6 Å². The summed E-state index contributed by atoms with van der Waals surface area (Å²) in [7, 11) is 0. The second kappa shape index (κ2) is 8.03. The van der Waals surface area contributed by atoms with Crippen molar-refractivity contribution < 1.29 is 19.1 Å². The molecule has 1 aliphatic rings. The number of amides is 2. The molecular formula is C21H22N2O4. The summed E-state index contributed by atoms with van der Waals surface area (Å²) in [6, 6.07) is 13.8. The van der Waals surface area contributed by atoms with E-state index >= 15 is 0 Å². The van der Waals surface area contributed by atoms with E-state index in [1.54, 1.807) is 19.9 Å². The summed E-state index contributed by atoms with van der Waals surface area (Å²) in [5.74, 6) is -1.96. The average molecular weight is 366 g/mol. The van der Waals surface area contributed by atoms with Gasteiger partial charge in [0.05, 0.1) is 12.5 Å². The van der Waals surface area contributed by atoms with Crippen molar-refractivity contribution in [3.63, 3.8) is 0 Å². The SMILES string of the molecule is CC(C)OC(=O)CCNC(=O)C(=O)Nc1ccc2c(c1)Cc1ccccc1-2. The Kier molecular flexibility index (Phi) is 5.54. The predicted octanol–water partition coefficient (Wildman–Crippen LogP) is 2.65. The third-order valence-corrected chi connectivity index (χ3v) is 4.24. The van der Waals surface area contributed by atoms with Crippen molar-refractivity contribution in [2.45, 2.75) is 32.8 Å². The summed E-state index contributed by atoms with van der Waals surface area (Å²) in [6.07, 6.45) is 0.621. The van der Waals surface area contributed by atoms with E-state index in [0.717, 1.165) is 17.5 Å². The van der Waals surface area contributed by atoms with Crippen LogP contribution in [0.15, 0.2) is 42.5 Å². The number of rotatable bonds is 5. The molecule has 0 radical (unpaired) electrons. The first kappa shape index (κ1) is 18.6. The van der Waals surface area contributed by atoms with Crippen LogP contribution in [0.2, 0.25) is 0 Å². The monoisotopic (exact) mass is 366 g/mol. The number of ether oxygens (including phenoxy) is 1. The van der Waals surface area contributed by atoms with Gasteiger partial charge in [-0.15, -0.1) is 0 Å². The Morgan fingerprint density at radius 1 is 1.00 bits per heavy atom. The molecule has 2 aromatic rings. The molecule has 6 nitrogen and oxygen atoms in total. The van der Waals surface area contributed by atoms with E-state index in [0.29, 0.717) is 5.69 Å². The maximum Gasteiger partial charge on any atom is 0.313 e. The van der Waals surface area contributed by atoms with Gasteiger partial charge in [0.25, 0.3) is 0 Å². The molecule has 0 atom stereocenters. The van der Waals surface area contributed by atoms with Crippen LogP contribution >= 0.6 is 0 Å². The van der Waals surface area contributed by atoms with Gasteiger partial charge in [-0.3, -0.25) is 14.4 Å². The van der Waals surface area contributed by atoms with Gasteiger partial charge in [-0.1, -0.05) is 30.3 Å². The van der Waals surface area contributed by atoms with Gasteiger partial charge in [0, 0.05) is 12.2 Å². The Bertz CT molecular complexity index is 890. The van der Waals surface area contributed by atoms with E-state index in [-0.39, 0.29) is 19.1 Å². The second-order valence-corrected chi connectivity index (χ2v) is 6.70. The number of nitrogens with one attached hydrogen (secondary N) is 2. The average Bonchev–Trinajstić information content (AvgIpc) is 2.98. The lowest BCUT2D eigenvalue weighted by Gasteiger charge is -2.09. The minimum atomic E-state index is -0.781. The first-order chi connectivity index (χ1) is 12.9. The van der Waals surface area contributed by atoms with Gasteiger partial charge >= 0.3 is 17.8 Å². The van der Waals surface area contributed by atoms with E-state index < -0.39 is 17.8 Å². The van der Waals surface area contributed by atoms with Crippen molar-refractivity contribution in [2.75, 3.05) is 11.9 Å². The highest BCUT2D eigenvalue weighted by molar-refractivity contribution is 6.39. The fraction of sp³-hybridized carbons (Fsp3) is 0.286.